The lowest BCUT2D eigenvalue weighted by molar-refractivity contribution is -0.141. The number of sulfonamides is 1. The molecule has 45 heavy (non-hydrogen) atoms. The highest BCUT2D eigenvalue weighted by atomic mass is 35.5. The first kappa shape index (κ1) is 34.6. The quantitative estimate of drug-likeness (QED) is 0.207. The van der Waals surface area contributed by atoms with Gasteiger partial charge in [-0.25, -0.2) is 8.42 Å². The van der Waals surface area contributed by atoms with Gasteiger partial charge in [-0.3, -0.25) is 13.9 Å². The second-order valence-electron chi connectivity index (χ2n) is 11.4. The van der Waals surface area contributed by atoms with E-state index in [0.717, 1.165) is 49.5 Å². The van der Waals surface area contributed by atoms with Gasteiger partial charge < -0.3 is 15.0 Å². The maximum atomic E-state index is 14.1. The number of anilines is 1. The van der Waals surface area contributed by atoms with Crippen LogP contribution in [0, 0.1) is 0 Å². The molecule has 0 aromatic heterocycles. The van der Waals surface area contributed by atoms with E-state index in [4.69, 9.17) is 27.9 Å². The van der Waals surface area contributed by atoms with Gasteiger partial charge in [0.05, 0.1) is 24.1 Å². The van der Waals surface area contributed by atoms with Crippen molar-refractivity contribution in [2.75, 3.05) is 24.2 Å². The second-order valence-corrected chi connectivity index (χ2v) is 14.1. The van der Waals surface area contributed by atoms with E-state index >= 15 is 0 Å². The molecule has 0 saturated heterocycles. The molecule has 1 fully saturated rings. The van der Waals surface area contributed by atoms with Gasteiger partial charge in [0.25, 0.3) is 0 Å². The van der Waals surface area contributed by atoms with Crippen molar-refractivity contribution >= 4 is 50.7 Å². The van der Waals surface area contributed by atoms with Crippen LogP contribution >= 0.6 is 23.2 Å². The number of carbonyl (C=O) groups is 2. The number of nitrogens with one attached hydrogen (secondary N) is 1. The Kier molecular flexibility index (Phi) is 12.6. The number of ether oxygens (including phenoxy) is 1. The highest BCUT2D eigenvalue weighted by Gasteiger charge is 2.32. The molecule has 3 aromatic carbocycles. The van der Waals surface area contributed by atoms with Gasteiger partial charge in [0.2, 0.25) is 21.8 Å². The van der Waals surface area contributed by atoms with Gasteiger partial charge >= 0.3 is 0 Å². The zero-order valence-electron chi connectivity index (χ0n) is 25.8. The molecule has 1 atom stereocenters. The maximum Gasteiger partial charge on any atom is 0.243 e. The Morgan fingerprint density at radius 3 is 2.29 bits per heavy atom. The standard InChI is InChI=1S/C34H41Cl2N3O5S/c1-44-32-20-19-28(23-30(32)36)39(45(2,42)43)21-11-18-33(40)38(24-26-14-9-10-17-29(26)35)31(22-25-12-5-3-6-13-25)34(41)37-27-15-7-4-8-16-27/h3,5-6,9-10,12-14,17,19-20,23,27,31H,4,7-8,11,15-16,18,21-22,24H2,1-2H3,(H,37,41)/t31-/m0/s1. The van der Waals surface area contributed by atoms with Crippen LogP contribution in [0.25, 0.3) is 0 Å². The van der Waals surface area contributed by atoms with Gasteiger partial charge in [-0.15, -0.1) is 0 Å². The van der Waals surface area contributed by atoms with Crippen LogP contribution in [0.5, 0.6) is 5.75 Å². The molecule has 2 amide bonds. The molecule has 1 saturated carbocycles. The first-order chi connectivity index (χ1) is 21.6. The van der Waals surface area contributed by atoms with Crippen LogP contribution in [0.4, 0.5) is 5.69 Å². The zero-order chi connectivity index (χ0) is 32.4. The molecule has 1 N–H and O–H groups in total. The van der Waals surface area contributed by atoms with Crippen LogP contribution in [0.1, 0.15) is 56.1 Å². The van der Waals surface area contributed by atoms with Gasteiger partial charge in [0, 0.05) is 37.0 Å². The largest absolute Gasteiger partial charge is 0.495 e. The van der Waals surface area contributed by atoms with Crippen LogP contribution in [0.15, 0.2) is 72.8 Å². The lowest BCUT2D eigenvalue weighted by Crippen LogP contribution is -2.53. The Morgan fingerprint density at radius 2 is 1.64 bits per heavy atom. The fourth-order valence-electron chi connectivity index (χ4n) is 5.72. The third-order valence-corrected chi connectivity index (χ3v) is 9.95. The molecule has 0 heterocycles. The molecule has 0 bridgehead atoms. The first-order valence-electron chi connectivity index (χ1n) is 15.2. The molecule has 11 heteroatoms. The molecular formula is C34H41Cl2N3O5S. The van der Waals surface area contributed by atoms with Crippen LogP contribution in [0.2, 0.25) is 10.0 Å². The summed E-state index contributed by atoms with van der Waals surface area (Å²) >= 11 is 12.8. The van der Waals surface area contributed by atoms with Crippen molar-refractivity contribution in [1.82, 2.24) is 10.2 Å². The number of nitrogens with zero attached hydrogens (tertiary/aromatic N) is 2. The van der Waals surface area contributed by atoms with E-state index in [9.17, 15) is 18.0 Å². The SMILES string of the molecule is COc1ccc(N(CCCC(=O)N(Cc2ccccc2Cl)[C@@H](Cc2ccccc2)C(=O)NC2CCCCC2)S(C)(=O)=O)cc1Cl. The van der Waals surface area contributed by atoms with Crippen LogP contribution < -0.4 is 14.4 Å². The normalized spacial score (nSPS) is 14.4. The lowest BCUT2D eigenvalue weighted by Gasteiger charge is -2.34. The molecule has 242 valence electrons. The summed E-state index contributed by atoms with van der Waals surface area (Å²) in [5.74, 6) is -0.0390. The number of hydrogen-bond donors (Lipinski definition) is 1. The van der Waals surface area contributed by atoms with Crippen molar-refractivity contribution in [2.45, 2.75) is 70.0 Å². The fourth-order valence-corrected chi connectivity index (χ4v) is 7.13. The number of methoxy groups -OCH3 is 1. The maximum absolute atomic E-state index is 14.1. The molecule has 4 rings (SSSR count). The molecule has 0 radical (unpaired) electrons. The van der Waals surface area contributed by atoms with Crippen molar-refractivity contribution in [3.05, 3.63) is 94.0 Å². The van der Waals surface area contributed by atoms with Crippen molar-refractivity contribution in [3.8, 4) is 5.75 Å². The molecule has 1 aliphatic carbocycles. The van der Waals surface area contributed by atoms with Gasteiger partial charge in [-0.05, 0) is 54.7 Å². The summed E-state index contributed by atoms with van der Waals surface area (Å²) in [4.78, 5) is 29.7. The summed E-state index contributed by atoms with van der Waals surface area (Å²) in [5, 5.41) is 4.01. The molecule has 3 aromatic rings. The van der Waals surface area contributed by atoms with E-state index in [1.807, 2.05) is 48.5 Å². The number of carbonyl (C=O) groups excluding carboxylic acids is 2. The summed E-state index contributed by atoms with van der Waals surface area (Å²) < 4.78 is 32.0. The van der Waals surface area contributed by atoms with Gasteiger partial charge in [-0.1, -0.05) is 91.0 Å². The number of halogens is 2. The first-order valence-corrected chi connectivity index (χ1v) is 17.9. The minimum Gasteiger partial charge on any atom is -0.495 e. The highest BCUT2D eigenvalue weighted by Crippen LogP contribution is 2.30. The Labute approximate surface area is 276 Å². The van der Waals surface area contributed by atoms with Crippen molar-refractivity contribution < 1.29 is 22.7 Å². The van der Waals surface area contributed by atoms with E-state index in [2.05, 4.69) is 5.32 Å². The number of amides is 2. The highest BCUT2D eigenvalue weighted by molar-refractivity contribution is 7.92. The second kappa shape index (κ2) is 16.3. The molecule has 8 nitrogen and oxygen atoms in total. The van der Waals surface area contributed by atoms with Crippen molar-refractivity contribution in [3.63, 3.8) is 0 Å². The van der Waals surface area contributed by atoms with Crippen molar-refractivity contribution in [2.24, 2.45) is 0 Å². The monoisotopic (exact) mass is 673 g/mol. The Balaban J connectivity index is 1.60. The number of benzene rings is 3. The zero-order valence-corrected chi connectivity index (χ0v) is 28.1. The van der Waals surface area contributed by atoms with E-state index in [1.165, 1.54) is 17.5 Å². The lowest BCUT2D eigenvalue weighted by atomic mass is 9.94. The van der Waals surface area contributed by atoms with Gasteiger partial charge in [-0.2, -0.15) is 0 Å². The predicted molar refractivity (Wildman–Crippen MR) is 180 cm³/mol. The molecular weight excluding hydrogens is 633 g/mol. The predicted octanol–water partition coefficient (Wildman–Crippen LogP) is 6.64. The third kappa shape index (κ3) is 9.86. The van der Waals surface area contributed by atoms with E-state index in [-0.39, 0.29) is 48.8 Å². The summed E-state index contributed by atoms with van der Waals surface area (Å²) in [6, 6.07) is 20.9. The van der Waals surface area contributed by atoms with Gasteiger partial charge in [0.15, 0.2) is 0 Å². The topological polar surface area (TPSA) is 96.0 Å². The average molecular weight is 675 g/mol. The smallest absolute Gasteiger partial charge is 0.243 e. The minimum absolute atomic E-state index is 0.0162. The third-order valence-electron chi connectivity index (χ3n) is 8.10. The molecule has 1 aliphatic rings. The van der Waals surface area contributed by atoms with E-state index in [1.54, 1.807) is 23.1 Å². The molecule has 0 spiro atoms. The molecule has 0 unspecified atom stereocenters. The number of hydrogen-bond acceptors (Lipinski definition) is 5. The molecule has 0 aliphatic heterocycles. The fraction of sp³-hybridized carbons (Fsp3) is 0.412. The van der Waals surface area contributed by atoms with E-state index < -0.39 is 16.1 Å². The Bertz CT molecular complexity index is 1550. The van der Waals surface area contributed by atoms with Crippen LogP contribution in [0.3, 0.4) is 0 Å². The summed E-state index contributed by atoms with van der Waals surface area (Å²) in [6.45, 7) is 0.183. The van der Waals surface area contributed by atoms with E-state index in [0.29, 0.717) is 22.9 Å². The summed E-state index contributed by atoms with van der Waals surface area (Å²) in [7, 11) is -2.20. The summed E-state index contributed by atoms with van der Waals surface area (Å²) in [6.07, 6.45) is 6.79. The van der Waals surface area contributed by atoms with Crippen LogP contribution in [-0.2, 0) is 32.6 Å². The summed E-state index contributed by atoms with van der Waals surface area (Å²) in [5.41, 5.74) is 2.03. The van der Waals surface area contributed by atoms with Gasteiger partial charge in [0.1, 0.15) is 11.8 Å². The Hall–Kier alpha value is -3.27. The Morgan fingerprint density at radius 1 is 0.956 bits per heavy atom. The van der Waals surface area contributed by atoms with Crippen LogP contribution in [-0.4, -0.2) is 57.1 Å². The van der Waals surface area contributed by atoms with Crippen molar-refractivity contribution in [1.29, 1.82) is 0 Å². The number of rotatable bonds is 14. The minimum atomic E-state index is -3.69. The average Bonchev–Trinajstić information content (AvgIpc) is 3.02.